The quantitative estimate of drug-likeness (QED) is 0.517. The fourth-order valence-corrected chi connectivity index (χ4v) is 0.813. The van der Waals surface area contributed by atoms with E-state index in [9.17, 15) is 0 Å². The van der Waals surface area contributed by atoms with Crippen LogP contribution in [0.1, 0.15) is 41.5 Å². The topological polar surface area (TPSA) is 36.8 Å². The number of nitrogens with zero attached hydrogens (tertiary/aromatic N) is 2. The van der Waals surface area contributed by atoms with E-state index in [1.54, 1.807) is 0 Å². The molecule has 3 nitrogen and oxygen atoms in total. The predicted molar refractivity (Wildman–Crippen MR) is 59.6 cm³/mol. The van der Waals surface area contributed by atoms with Gasteiger partial charge < -0.3 is 5.32 Å². The van der Waals surface area contributed by atoms with Gasteiger partial charge >= 0.3 is 0 Å². The maximum Gasteiger partial charge on any atom is 0.218 e. The van der Waals surface area contributed by atoms with Gasteiger partial charge in [-0.2, -0.15) is 0 Å². The number of nitrogens with one attached hydrogen (secondary N) is 1. The van der Waals surface area contributed by atoms with Crippen LogP contribution in [-0.2, 0) is 0 Å². The van der Waals surface area contributed by atoms with Crippen LogP contribution in [0.4, 0.5) is 0 Å². The smallest absolute Gasteiger partial charge is 0.218 e. The number of rotatable bonds is 2. The Morgan fingerprint density at radius 1 is 1.08 bits per heavy atom. The molecule has 0 amide bonds. The molecule has 0 aliphatic carbocycles. The highest BCUT2D eigenvalue weighted by Gasteiger charge is 1.99. The summed E-state index contributed by atoms with van der Waals surface area (Å²) in [4.78, 5) is 8.69. The minimum atomic E-state index is 0.282. The summed E-state index contributed by atoms with van der Waals surface area (Å²) in [5.74, 6) is 0.741. The van der Waals surface area contributed by atoms with Gasteiger partial charge in [-0.25, -0.2) is 9.98 Å². The molecule has 0 saturated heterocycles. The molecule has 1 N–H and O–H groups in total. The van der Waals surface area contributed by atoms with Crippen LogP contribution in [0, 0.1) is 0 Å². The Morgan fingerprint density at radius 3 is 1.92 bits per heavy atom. The molecule has 3 heteroatoms. The van der Waals surface area contributed by atoms with E-state index in [0.29, 0.717) is 6.04 Å². The Balaban J connectivity index is 4.46. The van der Waals surface area contributed by atoms with E-state index < -0.39 is 0 Å². The van der Waals surface area contributed by atoms with Gasteiger partial charge in [-0.05, 0) is 41.5 Å². The summed E-state index contributed by atoms with van der Waals surface area (Å²) in [6.07, 6.45) is 0. The van der Waals surface area contributed by atoms with Crippen LogP contribution in [0.3, 0.4) is 0 Å². The van der Waals surface area contributed by atoms with Crippen molar-refractivity contribution in [2.75, 3.05) is 0 Å². The Hall–Kier alpha value is -0.860. The largest absolute Gasteiger partial charge is 0.352 e. The summed E-state index contributed by atoms with van der Waals surface area (Å²) in [5, 5.41) is 3.20. The zero-order chi connectivity index (χ0) is 10.4. The molecule has 0 atom stereocenters. The molecule has 0 fully saturated rings. The molecule has 0 saturated carbocycles. The monoisotopic (exact) mass is 183 g/mol. The molecule has 0 aromatic rings. The van der Waals surface area contributed by atoms with Gasteiger partial charge in [0.2, 0.25) is 5.96 Å². The first-order valence-corrected chi connectivity index (χ1v) is 4.78. The zero-order valence-corrected chi connectivity index (χ0v) is 9.55. The minimum absolute atomic E-state index is 0.282. The summed E-state index contributed by atoms with van der Waals surface area (Å²) >= 11 is 0. The van der Waals surface area contributed by atoms with Crippen LogP contribution in [0.15, 0.2) is 9.98 Å². The summed E-state index contributed by atoms with van der Waals surface area (Å²) < 4.78 is 0. The van der Waals surface area contributed by atoms with Crippen molar-refractivity contribution in [1.29, 1.82) is 0 Å². The van der Waals surface area contributed by atoms with E-state index in [2.05, 4.69) is 29.1 Å². The first-order valence-electron chi connectivity index (χ1n) is 4.78. The number of guanidine groups is 1. The van der Waals surface area contributed by atoms with Gasteiger partial charge in [0.1, 0.15) is 0 Å². The van der Waals surface area contributed by atoms with Gasteiger partial charge in [0.15, 0.2) is 0 Å². The second kappa shape index (κ2) is 5.73. The molecular formula is C10H21N3. The number of hydrogen-bond donors (Lipinski definition) is 1. The maximum absolute atomic E-state index is 4.38. The average Bonchev–Trinajstić information content (AvgIpc) is 1.80. The summed E-state index contributed by atoms with van der Waals surface area (Å²) in [6.45, 7) is 12.2. The standard InChI is InChI=1S/C10H21N3/c1-7(2)11-10(12-8(3)4)13-9(5)6/h7-8H,1-6H3,(H,11,12). The maximum atomic E-state index is 4.38. The van der Waals surface area contributed by atoms with Crippen molar-refractivity contribution < 1.29 is 0 Å². The van der Waals surface area contributed by atoms with E-state index in [1.165, 1.54) is 0 Å². The fourth-order valence-electron chi connectivity index (χ4n) is 0.813. The normalized spacial score (nSPS) is 12.2. The molecule has 0 unspecified atom stereocenters. The van der Waals surface area contributed by atoms with E-state index in [0.717, 1.165) is 11.7 Å². The molecule has 0 aromatic carbocycles. The van der Waals surface area contributed by atoms with Gasteiger partial charge in [-0.15, -0.1) is 0 Å². The molecular weight excluding hydrogens is 162 g/mol. The second-order valence-electron chi connectivity index (χ2n) is 3.90. The van der Waals surface area contributed by atoms with Crippen LogP contribution in [-0.4, -0.2) is 23.8 Å². The van der Waals surface area contributed by atoms with Crippen molar-refractivity contribution in [2.45, 2.75) is 53.6 Å². The van der Waals surface area contributed by atoms with Crippen molar-refractivity contribution in [3.63, 3.8) is 0 Å². The molecule has 0 spiro atoms. The highest BCUT2D eigenvalue weighted by atomic mass is 15.1. The molecule has 0 aliphatic heterocycles. The predicted octanol–water partition coefficient (Wildman–Crippen LogP) is 2.23. The highest BCUT2D eigenvalue weighted by Crippen LogP contribution is 1.91. The Labute approximate surface area is 81.4 Å². The molecule has 76 valence electrons. The van der Waals surface area contributed by atoms with Gasteiger partial charge in [0.25, 0.3) is 0 Å². The lowest BCUT2D eigenvalue weighted by atomic mass is 10.4. The van der Waals surface area contributed by atoms with E-state index >= 15 is 0 Å². The van der Waals surface area contributed by atoms with Gasteiger partial charge in [0, 0.05) is 17.8 Å². The Bertz CT molecular complexity index is 198. The summed E-state index contributed by atoms with van der Waals surface area (Å²) in [6, 6.07) is 0.657. The van der Waals surface area contributed by atoms with E-state index in [-0.39, 0.29) is 6.04 Å². The molecule has 13 heavy (non-hydrogen) atoms. The number of aliphatic imine (C=N–C) groups is 2. The number of hydrogen-bond acceptors (Lipinski definition) is 1. The molecule has 0 heterocycles. The third-order valence-electron chi connectivity index (χ3n) is 1.13. The van der Waals surface area contributed by atoms with Gasteiger partial charge in [-0.1, -0.05) is 0 Å². The van der Waals surface area contributed by atoms with Crippen LogP contribution < -0.4 is 5.32 Å². The van der Waals surface area contributed by atoms with E-state index in [4.69, 9.17) is 0 Å². The van der Waals surface area contributed by atoms with Crippen molar-refractivity contribution in [3.05, 3.63) is 0 Å². The molecule has 0 rings (SSSR count). The zero-order valence-electron chi connectivity index (χ0n) is 9.55. The second-order valence-corrected chi connectivity index (χ2v) is 3.90. The van der Waals surface area contributed by atoms with Gasteiger partial charge in [0.05, 0.1) is 0 Å². The molecule has 0 aromatic heterocycles. The lowest BCUT2D eigenvalue weighted by Crippen LogP contribution is -2.30. The first kappa shape index (κ1) is 12.1. The average molecular weight is 183 g/mol. The van der Waals surface area contributed by atoms with Crippen LogP contribution >= 0.6 is 0 Å². The van der Waals surface area contributed by atoms with Crippen LogP contribution in [0.25, 0.3) is 0 Å². The van der Waals surface area contributed by atoms with Crippen LogP contribution in [0.2, 0.25) is 0 Å². The van der Waals surface area contributed by atoms with Crippen LogP contribution in [0.5, 0.6) is 0 Å². The lowest BCUT2D eigenvalue weighted by molar-refractivity contribution is 0.713. The third-order valence-corrected chi connectivity index (χ3v) is 1.13. The molecule has 0 bridgehead atoms. The summed E-state index contributed by atoms with van der Waals surface area (Å²) in [7, 11) is 0. The van der Waals surface area contributed by atoms with Crippen molar-refractivity contribution in [2.24, 2.45) is 9.98 Å². The van der Waals surface area contributed by atoms with E-state index in [1.807, 2.05) is 27.7 Å². The van der Waals surface area contributed by atoms with Crippen molar-refractivity contribution >= 4 is 11.7 Å². The molecule has 0 radical (unpaired) electrons. The Morgan fingerprint density at radius 2 is 1.62 bits per heavy atom. The van der Waals surface area contributed by atoms with Crippen molar-refractivity contribution in [1.82, 2.24) is 5.32 Å². The lowest BCUT2D eigenvalue weighted by Gasteiger charge is -2.10. The van der Waals surface area contributed by atoms with Gasteiger partial charge in [-0.3, -0.25) is 0 Å². The third kappa shape index (κ3) is 7.50. The van der Waals surface area contributed by atoms with Crippen molar-refractivity contribution in [3.8, 4) is 0 Å². The fraction of sp³-hybridized carbons (Fsp3) is 0.800. The molecule has 0 aliphatic rings. The SMILES string of the molecule is CC(C)=N/C(=N/C(C)C)NC(C)C. The highest BCUT2D eigenvalue weighted by molar-refractivity contribution is 5.94. The first-order chi connectivity index (χ1) is 5.91. The Kier molecular flexibility index (Phi) is 5.35. The summed E-state index contributed by atoms with van der Waals surface area (Å²) in [5.41, 5.74) is 1.02. The minimum Gasteiger partial charge on any atom is -0.352 e.